The van der Waals surface area contributed by atoms with Gasteiger partial charge >= 0.3 is 0 Å². The van der Waals surface area contributed by atoms with Crippen LogP contribution in [0.4, 0.5) is 0 Å². The van der Waals surface area contributed by atoms with Gasteiger partial charge in [-0.15, -0.1) is 21.8 Å². The van der Waals surface area contributed by atoms with E-state index in [4.69, 9.17) is 11.6 Å². The van der Waals surface area contributed by atoms with Crippen LogP contribution in [0.2, 0.25) is 0 Å². The molecular formula is C16H12BrClN2S. The first-order valence-corrected chi connectivity index (χ1v) is 8.48. The fraction of sp³-hybridized carbons (Fsp3) is 0.125. The van der Waals surface area contributed by atoms with Crippen LogP contribution in [0.15, 0.2) is 53.0 Å². The Morgan fingerprint density at radius 3 is 2.62 bits per heavy atom. The van der Waals surface area contributed by atoms with E-state index >= 15 is 0 Å². The zero-order valence-electron chi connectivity index (χ0n) is 11.3. The van der Waals surface area contributed by atoms with E-state index in [9.17, 15) is 0 Å². The van der Waals surface area contributed by atoms with Crippen LogP contribution in [0.1, 0.15) is 21.5 Å². The van der Waals surface area contributed by atoms with Crippen LogP contribution in [-0.2, 0) is 0 Å². The van der Waals surface area contributed by atoms with Gasteiger partial charge in [0.2, 0.25) is 0 Å². The third kappa shape index (κ3) is 3.18. The van der Waals surface area contributed by atoms with E-state index in [0.29, 0.717) is 0 Å². The number of benzene rings is 2. The molecule has 1 heterocycles. The van der Waals surface area contributed by atoms with Crippen molar-refractivity contribution in [1.29, 1.82) is 0 Å². The van der Waals surface area contributed by atoms with Crippen LogP contribution in [0, 0.1) is 6.92 Å². The molecule has 2 aromatic carbocycles. The molecular weight excluding hydrogens is 368 g/mol. The molecule has 5 heteroatoms. The standard InChI is InChI=1S/C16H12BrClN2S/c1-10-7-8-12(17)9-13(10)15-19-20-16(21-15)14(18)11-5-3-2-4-6-11/h2-9,14H,1H3. The highest BCUT2D eigenvalue weighted by molar-refractivity contribution is 9.10. The van der Waals surface area contributed by atoms with E-state index in [1.807, 2.05) is 36.4 Å². The van der Waals surface area contributed by atoms with Crippen molar-refractivity contribution in [2.75, 3.05) is 0 Å². The monoisotopic (exact) mass is 378 g/mol. The summed E-state index contributed by atoms with van der Waals surface area (Å²) in [6.07, 6.45) is 0. The van der Waals surface area contributed by atoms with Crippen molar-refractivity contribution in [2.24, 2.45) is 0 Å². The van der Waals surface area contributed by atoms with E-state index in [1.54, 1.807) is 0 Å². The first-order chi connectivity index (χ1) is 10.1. The lowest BCUT2D eigenvalue weighted by Crippen LogP contribution is -1.91. The molecule has 1 atom stereocenters. The van der Waals surface area contributed by atoms with Gasteiger partial charge in [-0.2, -0.15) is 0 Å². The van der Waals surface area contributed by atoms with Crippen LogP contribution in [0.5, 0.6) is 0 Å². The Morgan fingerprint density at radius 2 is 1.86 bits per heavy atom. The minimum atomic E-state index is -0.259. The fourth-order valence-electron chi connectivity index (χ4n) is 2.04. The molecule has 0 aliphatic heterocycles. The summed E-state index contributed by atoms with van der Waals surface area (Å²) in [5, 5.41) is 10.0. The molecule has 1 unspecified atom stereocenters. The molecule has 1 aromatic heterocycles. The van der Waals surface area contributed by atoms with E-state index in [1.165, 1.54) is 16.9 Å². The average Bonchev–Trinajstić information content (AvgIpc) is 2.99. The lowest BCUT2D eigenvalue weighted by Gasteiger charge is -2.05. The normalized spacial score (nSPS) is 12.3. The summed E-state index contributed by atoms with van der Waals surface area (Å²) in [6.45, 7) is 2.07. The van der Waals surface area contributed by atoms with E-state index in [-0.39, 0.29) is 5.38 Å². The summed E-state index contributed by atoms with van der Waals surface area (Å²) in [5.41, 5.74) is 3.30. The van der Waals surface area contributed by atoms with Crippen LogP contribution in [0.25, 0.3) is 10.6 Å². The van der Waals surface area contributed by atoms with Crippen molar-refractivity contribution in [1.82, 2.24) is 10.2 Å². The second kappa shape index (κ2) is 6.26. The summed E-state index contributed by atoms with van der Waals surface area (Å²) in [7, 11) is 0. The number of aromatic nitrogens is 2. The Balaban J connectivity index is 1.95. The first-order valence-electron chi connectivity index (χ1n) is 6.44. The van der Waals surface area contributed by atoms with Crippen LogP contribution < -0.4 is 0 Å². The van der Waals surface area contributed by atoms with Crippen molar-refractivity contribution < 1.29 is 0 Å². The van der Waals surface area contributed by atoms with Crippen LogP contribution >= 0.6 is 38.9 Å². The fourth-order valence-corrected chi connectivity index (χ4v) is 3.65. The maximum Gasteiger partial charge on any atom is 0.148 e. The van der Waals surface area contributed by atoms with Gasteiger partial charge in [0.15, 0.2) is 0 Å². The maximum absolute atomic E-state index is 6.50. The summed E-state index contributed by atoms with van der Waals surface area (Å²) < 4.78 is 1.03. The molecule has 21 heavy (non-hydrogen) atoms. The molecule has 0 radical (unpaired) electrons. The predicted octanol–water partition coefficient (Wildman–Crippen LogP) is 5.60. The van der Waals surface area contributed by atoms with Gasteiger partial charge in [-0.3, -0.25) is 0 Å². The topological polar surface area (TPSA) is 25.8 Å². The summed E-state index contributed by atoms with van der Waals surface area (Å²) in [6, 6.07) is 16.1. The first kappa shape index (κ1) is 14.7. The van der Waals surface area contributed by atoms with Crippen molar-refractivity contribution in [3.63, 3.8) is 0 Å². The smallest absolute Gasteiger partial charge is 0.141 e. The van der Waals surface area contributed by atoms with Crippen molar-refractivity contribution >= 4 is 38.9 Å². The minimum Gasteiger partial charge on any atom is -0.141 e. The molecule has 0 bridgehead atoms. The third-order valence-corrected chi connectivity index (χ3v) is 5.28. The second-order valence-corrected chi connectivity index (χ2v) is 7.04. The van der Waals surface area contributed by atoms with Crippen molar-refractivity contribution in [3.05, 3.63) is 69.1 Å². The van der Waals surface area contributed by atoms with Gasteiger partial charge < -0.3 is 0 Å². The van der Waals surface area contributed by atoms with Gasteiger partial charge in [0.25, 0.3) is 0 Å². The molecule has 0 aliphatic rings. The highest BCUT2D eigenvalue weighted by atomic mass is 79.9. The number of rotatable bonds is 3. The number of hydrogen-bond acceptors (Lipinski definition) is 3. The molecule has 0 amide bonds. The molecule has 3 rings (SSSR count). The zero-order valence-corrected chi connectivity index (χ0v) is 14.4. The van der Waals surface area contributed by atoms with Crippen molar-refractivity contribution in [2.45, 2.75) is 12.3 Å². The Hall–Kier alpha value is -1.23. The zero-order chi connectivity index (χ0) is 14.8. The third-order valence-electron chi connectivity index (χ3n) is 3.18. The van der Waals surface area contributed by atoms with Gasteiger partial charge in [0, 0.05) is 10.0 Å². The number of nitrogens with zero attached hydrogens (tertiary/aromatic N) is 2. The van der Waals surface area contributed by atoms with E-state index in [2.05, 4.69) is 45.2 Å². The largest absolute Gasteiger partial charge is 0.148 e. The SMILES string of the molecule is Cc1ccc(Br)cc1-c1nnc(C(Cl)c2ccccc2)s1. The molecule has 0 saturated heterocycles. The number of halogens is 2. The summed E-state index contributed by atoms with van der Waals surface area (Å²) in [5.74, 6) is 0. The second-order valence-electron chi connectivity index (χ2n) is 4.68. The summed E-state index contributed by atoms with van der Waals surface area (Å²) in [4.78, 5) is 0. The lowest BCUT2D eigenvalue weighted by molar-refractivity contribution is 0.987. The van der Waals surface area contributed by atoms with Gasteiger partial charge in [0.1, 0.15) is 15.4 Å². The molecule has 0 aliphatic carbocycles. The predicted molar refractivity (Wildman–Crippen MR) is 91.9 cm³/mol. The van der Waals surface area contributed by atoms with E-state index in [0.717, 1.165) is 25.6 Å². The van der Waals surface area contributed by atoms with E-state index < -0.39 is 0 Å². The molecule has 3 aromatic rings. The van der Waals surface area contributed by atoms with Crippen molar-refractivity contribution in [3.8, 4) is 10.6 Å². The molecule has 106 valence electrons. The number of aryl methyl sites for hydroxylation is 1. The average molecular weight is 380 g/mol. The van der Waals surface area contributed by atoms with Gasteiger partial charge in [-0.05, 0) is 30.2 Å². The Morgan fingerprint density at radius 1 is 1.10 bits per heavy atom. The van der Waals surface area contributed by atoms with Gasteiger partial charge in [-0.1, -0.05) is 63.7 Å². The van der Waals surface area contributed by atoms with Gasteiger partial charge in [-0.25, -0.2) is 0 Å². The van der Waals surface area contributed by atoms with Crippen LogP contribution in [-0.4, -0.2) is 10.2 Å². The van der Waals surface area contributed by atoms with Gasteiger partial charge in [0.05, 0.1) is 0 Å². The lowest BCUT2D eigenvalue weighted by atomic mass is 10.1. The summed E-state index contributed by atoms with van der Waals surface area (Å²) >= 11 is 11.5. The number of hydrogen-bond donors (Lipinski definition) is 0. The molecule has 2 nitrogen and oxygen atoms in total. The molecule has 0 fully saturated rings. The molecule has 0 saturated carbocycles. The number of alkyl halides is 1. The quantitative estimate of drug-likeness (QED) is 0.553. The van der Waals surface area contributed by atoms with Crippen LogP contribution in [0.3, 0.4) is 0 Å². The molecule has 0 N–H and O–H groups in total. The Labute approximate surface area is 140 Å². The Kier molecular flexibility index (Phi) is 4.38. The maximum atomic E-state index is 6.50. The Bertz CT molecular complexity index is 758. The highest BCUT2D eigenvalue weighted by Gasteiger charge is 2.17. The molecule has 0 spiro atoms. The minimum absolute atomic E-state index is 0.259. The highest BCUT2D eigenvalue weighted by Crippen LogP contribution is 2.35.